The van der Waals surface area contributed by atoms with Crippen molar-refractivity contribution in [1.82, 2.24) is 14.5 Å². The van der Waals surface area contributed by atoms with Crippen molar-refractivity contribution in [2.75, 3.05) is 7.11 Å². The van der Waals surface area contributed by atoms with Crippen LogP contribution >= 0.6 is 0 Å². The first kappa shape index (κ1) is 11.7. The fourth-order valence-corrected chi connectivity index (χ4v) is 1.83. The molecule has 0 unspecified atom stereocenters. The summed E-state index contributed by atoms with van der Waals surface area (Å²) in [7, 11) is 1.60. The number of hydrogen-bond donors (Lipinski definition) is 1. The summed E-state index contributed by atoms with van der Waals surface area (Å²) in [6.07, 6.45) is 4.91. The number of aromatic hydroxyl groups is 1. The second kappa shape index (κ2) is 5.03. The Morgan fingerprint density at radius 1 is 1.41 bits per heavy atom. The van der Waals surface area contributed by atoms with Gasteiger partial charge in [-0.05, 0) is 6.42 Å². The maximum absolute atomic E-state index is 9.77. The third kappa shape index (κ3) is 2.33. The van der Waals surface area contributed by atoms with Crippen LogP contribution in [0, 0.1) is 0 Å². The van der Waals surface area contributed by atoms with E-state index in [1.165, 1.54) is 0 Å². The molecule has 2 aromatic rings. The molecule has 0 amide bonds. The van der Waals surface area contributed by atoms with Crippen LogP contribution in [0.25, 0.3) is 11.2 Å². The van der Waals surface area contributed by atoms with Gasteiger partial charge in [0, 0.05) is 12.6 Å². The van der Waals surface area contributed by atoms with Crippen molar-refractivity contribution in [2.45, 2.75) is 32.7 Å². The van der Waals surface area contributed by atoms with Crippen LogP contribution in [-0.4, -0.2) is 26.8 Å². The van der Waals surface area contributed by atoms with E-state index in [0.29, 0.717) is 11.4 Å². The summed E-state index contributed by atoms with van der Waals surface area (Å²) < 4.78 is 6.91. The zero-order valence-corrected chi connectivity index (χ0v) is 10.2. The molecular weight excluding hydrogens is 218 g/mol. The van der Waals surface area contributed by atoms with Crippen molar-refractivity contribution in [1.29, 1.82) is 0 Å². The number of aromatic nitrogens is 3. The maximum atomic E-state index is 9.77. The Labute approximate surface area is 100 Å². The Hall–Kier alpha value is -1.78. The highest BCUT2D eigenvalue weighted by molar-refractivity contribution is 5.73. The number of ether oxygens (including phenoxy) is 1. The van der Waals surface area contributed by atoms with Gasteiger partial charge in [0.25, 0.3) is 6.01 Å². The van der Waals surface area contributed by atoms with Crippen LogP contribution in [0.2, 0.25) is 0 Å². The molecule has 0 fully saturated rings. The Morgan fingerprint density at radius 2 is 2.24 bits per heavy atom. The molecule has 0 atom stereocenters. The van der Waals surface area contributed by atoms with Crippen molar-refractivity contribution >= 4 is 11.2 Å². The second-order valence-electron chi connectivity index (χ2n) is 3.99. The van der Waals surface area contributed by atoms with Crippen LogP contribution < -0.4 is 4.74 Å². The van der Waals surface area contributed by atoms with Crippen molar-refractivity contribution in [3.05, 3.63) is 12.3 Å². The van der Waals surface area contributed by atoms with Gasteiger partial charge in [-0.3, -0.25) is 4.57 Å². The number of methoxy groups -OCH3 is 1. The molecule has 5 heteroatoms. The molecule has 0 radical (unpaired) electrons. The molecule has 0 bridgehead atoms. The number of aryl methyl sites for hydroxylation is 1. The molecule has 2 rings (SSSR count). The molecular formula is C12H17N3O2. The van der Waals surface area contributed by atoms with E-state index in [1.54, 1.807) is 17.9 Å². The summed E-state index contributed by atoms with van der Waals surface area (Å²) in [5.74, 6) is 0.675. The van der Waals surface area contributed by atoms with E-state index in [2.05, 4.69) is 16.9 Å². The minimum Gasteiger partial charge on any atom is -0.495 e. The number of nitrogens with zero attached hydrogens (tertiary/aromatic N) is 3. The van der Waals surface area contributed by atoms with Gasteiger partial charge in [0.05, 0.1) is 18.8 Å². The van der Waals surface area contributed by atoms with Gasteiger partial charge in [-0.15, -0.1) is 0 Å². The summed E-state index contributed by atoms with van der Waals surface area (Å²) in [5, 5.41) is 9.77. The van der Waals surface area contributed by atoms with Gasteiger partial charge in [-0.1, -0.05) is 19.8 Å². The third-order valence-electron chi connectivity index (χ3n) is 2.78. The first-order chi connectivity index (χ1) is 8.26. The fraction of sp³-hybridized carbons (Fsp3) is 0.500. The van der Waals surface area contributed by atoms with Gasteiger partial charge in [-0.2, -0.15) is 4.98 Å². The average Bonchev–Trinajstić information content (AvgIpc) is 2.65. The Bertz CT molecular complexity index is 508. The SMILES string of the molecule is CCCCCn1c(O)nc2ncc(OC)cc21. The lowest BCUT2D eigenvalue weighted by Gasteiger charge is -2.05. The monoisotopic (exact) mass is 235 g/mol. The Morgan fingerprint density at radius 3 is 2.94 bits per heavy atom. The normalized spacial score (nSPS) is 10.9. The van der Waals surface area contributed by atoms with E-state index < -0.39 is 0 Å². The van der Waals surface area contributed by atoms with Gasteiger partial charge in [-0.25, -0.2) is 4.98 Å². The predicted molar refractivity (Wildman–Crippen MR) is 65.3 cm³/mol. The molecule has 0 aromatic carbocycles. The van der Waals surface area contributed by atoms with E-state index in [4.69, 9.17) is 4.74 Å². The number of unbranched alkanes of at least 4 members (excludes halogenated alkanes) is 2. The molecule has 1 N–H and O–H groups in total. The number of fused-ring (bicyclic) bond motifs is 1. The van der Waals surface area contributed by atoms with Crippen LogP contribution in [0.4, 0.5) is 0 Å². The smallest absolute Gasteiger partial charge is 0.296 e. The van der Waals surface area contributed by atoms with Crippen molar-refractivity contribution in [3.8, 4) is 11.8 Å². The summed E-state index contributed by atoms with van der Waals surface area (Å²) in [5.41, 5.74) is 1.37. The largest absolute Gasteiger partial charge is 0.495 e. The number of rotatable bonds is 5. The first-order valence-corrected chi connectivity index (χ1v) is 5.85. The molecule has 0 saturated carbocycles. The molecule has 2 aromatic heterocycles. The highest BCUT2D eigenvalue weighted by atomic mass is 16.5. The molecule has 0 saturated heterocycles. The first-order valence-electron chi connectivity index (χ1n) is 5.85. The number of pyridine rings is 1. The lowest BCUT2D eigenvalue weighted by molar-refractivity contribution is 0.397. The lowest BCUT2D eigenvalue weighted by Crippen LogP contribution is -1.97. The van der Waals surface area contributed by atoms with Crippen LogP contribution in [0.15, 0.2) is 12.3 Å². The Balaban J connectivity index is 2.34. The van der Waals surface area contributed by atoms with E-state index >= 15 is 0 Å². The van der Waals surface area contributed by atoms with Gasteiger partial charge in [0.1, 0.15) is 5.75 Å². The highest BCUT2D eigenvalue weighted by Gasteiger charge is 2.11. The van der Waals surface area contributed by atoms with Gasteiger partial charge < -0.3 is 9.84 Å². The van der Waals surface area contributed by atoms with E-state index in [1.807, 2.05) is 6.07 Å². The quantitative estimate of drug-likeness (QED) is 0.808. The fourth-order valence-electron chi connectivity index (χ4n) is 1.83. The van der Waals surface area contributed by atoms with Crippen LogP contribution in [0.3, 0.4) is 0 Å². The van der Waals surface area contributed by atoms with E-state index in [0.717, 1.165) is 31.3 Å². The van der Waals surface area contributed by atoms with E-state index in [9.17, 15) is 5.11 Å². The average molecular weight is 235 g/mol. The zero-order valence-electron chi connectivity index (χ0n) is 10.2. The standard InChI is InChI=1S/C12H17N3O2/c1-3-4-5-6-15-10-7-9(17-2)8-13-11(10)14-12(15)16/h7-8H,3-6H2,1-2H3,(H,13,14,16). The molecule has 2 heterocycles. The summed E-state index contributed by atoms with van der Waals surface area (Å²) in [4.78, 5) is 8.16. The van der Waals surface area contributed by atoms with Gasteiger partial charge in [0.2, 0.25) is 0 Å². The van der Waals surface area contributed by atoms with Gasteiger partial charge in [0.15, 0.2) is 5.65 Å². The summed E-state index contributed by atoms with van der Waals surface area (Å²) in [6, 6.07) is 1.87. The molecule has 0 aliphatic rings. The molecule has 0 spiro atoms. The third-order valence-corrected chi connectivity index (χ3v) is 2.78. The maximum Gasteiger partial charge on any atom is 0.296 e. The number of hydrogen-bond acceptors (Lipinski definition) is 4. The molecule has 17 heavy (non-hydrogen) atoms. The molecule has 0 aliphatic carbocycles. The molecule has 0 aliphatic heterocycles. The van der Waals surface area contributed by atoms with Crippen molar-refractivity contribution < 1.29 is 9.84 Å². The lowest BCUT2D eigenvalue weighted by atomic mass is 10.2. The minimum absolute atomic E-state index is 0.0249. The molecule has 92 valence electrons. The second-order valence-corrected chi connectivity index (χ2v) is 3.99. The number of imidazole rings is 1. The predicted octanol–water partition coefficient (Wildman–Crippen LogP) is 2.34. The topological polar surface area (TPSA) is 60.2 Å². The zero-order chi connectivity index (χ0) is 12.3. The Kier molecular flexibility index (Phi) is 3.46. The summed E-state index contributed by atoms with van der Waals surface area (Å²) >= 11 is 0. The molecule has 5 nitrogen and oxygen atoms in total. The minimum atomic E-state index is 0.0249. The van der Waals surface area contributed by atoms with Crippen LogP contribution in [0.5, 0.6) is 11.8 Å². The van der Waals surface area contributed by atoms with Crippen LogP contribution in [0.1, 0.15) is 26.2 Å². The van der Waals surface area contributed by atoms with Crippen molar-refractivity contribution in [3.63, 3.8) is 0 Å². The van der Waals surface area contributed by atoms with Gasteiger partial charge >= 0.3 is 0 Å². The highest BCUT2D eigenvalue weighted by Crippen LogP contribution is 2.23. The van der Waals surface area contributed by atoms with Crippen LogP contribution in [-0.2, 0) is 6.54 Å². The van der Waals surface area contributed by atoms with Crippen molar-refractivity contribution in [2.24, 2.45) is 0 Å². The summed E-state index contributed by atoms with van der Waals surface area (Å²) in [6.45, 7) is 2.90. The van der Waals surface area contributed by atoms with E-state index in [-0.39, 0.29) is 6.01 Å².